The molecule has 1 aromatic carbocycles. The van der Waals surface area contributed by atoms with Crippen LogP contribution in [0.1, 0.15) is 52.9 Å². The van der Waals surface area contributed by atoms with Crippen molar-refractivity contribution in [2.75, 3.05) is 5.32 Å². The van der Waals surface area contributed by atoms with Crippen molar-refractivity contribution >= 4 is 23.0 Å². The molecule has 1 saturated carbocycles. The molecule has 2 heterocycles. The van der Waals surface area contributed by atoms with Crippen LogP contribution in [0.15, 0.2) is 42.0 Å². The molecule has 3 unspecified atom stereocenters. The molecule has 5 nitrogen and oxygen atoms in total. The molecule has 1 aliphatic rings. The SMILES string of the molecule is Cc1cc(Nc2nccc(C(F)(F)F)n2)cc(C2CC(C#N)CC(c3nccs3)C2)c1. The van der Waals surface area contributed by atoms with E-state index in [9.17, 15) is 18.4 Å². The van der Waals surface area contributed by atoms with Crippen molar-refractivity contribution in [2.45, 2.75) is 44.2 Å². The second kappa shape index (κ2) is 8.63. The molecule has 9 heteroatoms. The van der Waals surface area contributed by atoms with Crippen molar-refractivity contribution in [1.29, 1.82) is 5.26 Å². The molecule has 3 atom stereocenters. The number of nitriles is 1. The van der Waals surface area contributed by atoms with Gasteiger partial charge in [0.1, 0.15) is 5.69 Å². The highest BCUT2D eigenvalue weighted by atomic mass is 32.1. The molecular formula is C22H20F3N5S. The normalized spacial score (nSPS) is 21.5. The Labute approximate surface area is 182 Å². The molecule has 2 aromatic heterocycles. The van der Waals surface area contributed by atoms with Crippen molar-refractivity contribution in [3.05, 3.63) is 63.9 Å². The molecule has 160 valence electrons. The van der Waals surface area contributed by atoms with E-state index in [0.717, 1.165) is 47.7 Å². The zero-order valence-electron chi connectivity index (χ0n) is 16.7. The predicted octanol–water partition coefficient (Wildman–Crippen LogP) is 6.20. The molecule has 4 rings (SSSR count). The van der Waals surface area contributed by atoms with Crippen molar-refractivity contribution in [3.8, 4) is 6.07 Å². The topological polar surface area (TPSA) is 74.5 Å². The summed E-state index contributed by atoms with van der Waals surface area (Å²) < 4.78 is 38.9. The van der Waals surface area contributed by atoms with E-state index < -0.39 is 11.9 Å². The van der Waals surface area contributed by atoms with E-state index in [2.05, 4.69) is 32.4 Å². The lowest BCUT2D eigenvalue weighted by Gasteiger charge is -2.31. The fourth-order valence-electron chi connectivity index (χ4n) is 4.16. The van der Waals surface area contributed by atoms with Crippen LogP contribution >= 0.6 is 11.3 Å². The third-order valence-corrected chi connectivity index (χ3v) is 6.40. The van der Waals surface area contributed by atoms with Crippen LogP contribution in [-0.4, -0.2) is 15.0 Å². The van der Waals surface area contributed by atoms with Crippen LogP contribution < -0.4 is 5.32 Å². The first-order valence-corrected chi connectivity index (χ1v) is 10.8. The van der Waals surface area contributed by atoms with Gasteiger partial charge in [0.2, 0.25) is 5.95 Å². The molecule has 0 saturated heterocycles. The lowest BCUT2D eigenvalue weighted by atomic mass is 9.73. The quantitative estimate of drug-likeness (QED) is 0.520. The van der Waals surface area contributed by atoms with Crippen LogP contribution in [0.25, 0.3) is 0 Å². The Morgan fingerprint density at radius 3 is 2.61 bits per heavy atom. The Bertz CT molecular complexity index is 1090. The second-order valence-corrected chi connectivity index (χ2v) is 8.74. The van der Waals surface area contributed by atoms with Gasteiger partial charge in [-0.15, -0.1) is 11.3 Å². The van der Waals surface area contributed by atoms with Crippen LogP contribution in [0.4, 0.5) is 24.8 Å². The van der Waals surface area contributed by atoms with Crippen LogP contribution in [0.3, 0.4) is 0 Å². The molecule has 31 heavy (non-hydrogen) atoms. The van der Waals surface area contributed by atoms with Crippen molar-refractivity contribution in [1.82, 2.24) is 15.0 Å². The van der Waals surface area contributed by atoms with Gasteiger partial charge in [0.25, 0.3) is 0 Å². The molecule has 0 radical (unpaired) electrons. The summed E-state index contributed by atoms with van der Waals surface area (Å²) in [7, 11) is 0. The minimum Gasteiger partial charge on any atom is -0.324 e. The number of nitrogens with one attached hydrogen (secondary N) is 1. The zero-order chi connectivity index (χ0) is 22.0. The number of hydrogen-bond donors (Lipinski definition) is 1. The van der Waals surface area contributed by atoms with E-state index >= 15 is 0 Å². The smallest absolute Gasteiger partial charge is 0.324 e. The van der Waals surface area contributed by atoms with E-state index in [1.165, 1.54) is 0 Å². The molecular weight excluding hydrogens is 423 g/mol. The van der Waals surface area contributed by atoms with Gasteiger partial charge in [0, 0.05) is 35.3 Å². The first-order valence-electron chi connectivity index (χ1n) is 9.89. The first-order chi connectivity index (χ1) is 14.8. The highest BCUT2D eigenvalue weighted by molar-refractivity contribution is 7.09. The zero-order valence-corrected chi connectivity index (χ0v) is 17.5. The maximum atomic E-state index is 13.0. The maximum Gasteiger partial charge on any atom is 0.433 e. The summed E-state index contributed by atoms with van der Waals surface area (Å²) in [6, 6.07) is 9.09. The van der Waals surface area contributed by atoms with Crippen LogP contribution in [0, 0.1) is 24.2 Å². The Morgan fingerprint density at radius 2 is 1.90 bits per heavy atom. The Hall–Kier alpha value is -2.99. The van der Waals surface area contributed by atoms with Gasteiger partial charge in [-0.1, -0.05) is 6.07 Å². The minimum absolute atomic E-state index is 0.0589. The summed E-state index contributed by atoms with van der Waals surface area (Å²) >= 11 is 1.61. The molecule has 0 bridgehead atoms. The highest BCUT2D eigenvalue weighted by Gasteiger charge is 2.33. The number of halogens is 3. The maximum absolute atomic E-state index is 13.0. The summed E-state index contributed by atoms with van der Waals surface area (Å²) in [5.74, 6) is 0.226. The molecule has 1 N–H and O–H groups in total. The minimum atomic E-state index is -4.53. The summed E-state index contributed by atoms with van der Waals surface area (Å²) in [5, 5.41) is 15.5. The number of rotatable bonds is 4. The van der Waals surface area contributed by atoms with Crippen molar-refractivity contribution in [2.24, 2.45) is 5.92 Å². The monoisotopic (exact) mass is 443 g/mol. The first kappa shape index (κ1) is 21.2. The Kier molecular flexibility index (Phi) is 5.92. The number of nitrogens with zero attached hydrogens (tertiary/aromatic N) is 4. The van der Waals surface area contributed by atoms with Crippen LogP contribution in [-0.2, 0) is 6.18 Å². The summed E-state index contributed by atoms with van der Waals surface area (Å²) in [6.45, 7) is 1.94. The lowest BCUT2D eigenvalue weighted by molar-refractivity contribution is -0.141. The van der Waals surface area contributed by atoms with E-state index in [0.29, 0.717) is 5.69 Å². The van der Waals surface area contributed by atoms with Crippen LogP contribution in [0.2, 0.25) is 0 Å². The Morgan fingerprint density at radius 1 is 1.10 bits per heavy atom. The number of aromatic nitrogens is 3. The average molecular weight is 443 g/mol. The molecule has 3 aromatic rings. The summed E-state index contributed by atoms with van der Waals surface area (Å²) in [5.41, 5.74) is 1.65. The fourth-order valence-corrected chi connectivity index (χ4v) is 4.93. The van der Waals surface area contributed by atoms with Gasteiger partial charge in [-0.05, 0) is 61.4 Å². The number of hydrogen-bond acceptors (Lipinski definition) is 6. The van der Waals surface area contributed by atoms with Crippen molar-refractivity contribution in [3.63, 3.8) is 0 Å². The molecule has 0 aliphatic heterocycles. The molecule has 0 amide bonds. The number of alkyl halides is 3. The molecule has 1 fully saturated rings. The third-order valence-electron chi connectivity index (χ3n) is 5.46. The average Bonchev–Trinajstić information content (AvgIpc) is 3.27. The molecule has 1 aliphatic carbocycles. The standard InChI is InChI=1S/C22H20F3N5S/c1-13-6-15(16-8-14(12-26)9-17(10-16)20-27-4-5-31-20)11-18(7-13)29-21-28-3-2-19(30-21)22(23,24)25/h2-7,11,14,16-17H,8-10H2,1H3,(H,28,29,30). The number of anilines is 2. The predicted molar refractivity (Wildman–Crippen MR) is 112 cm³/mol. The summed E-state index contributed by atoms with van der Waals surface area (Å²) in [4.78, 5) is 11.9. The van der Waals surface area contributed by atoms with Gasteiger partial charge < -0.3 is 5.32 Å². The van der Waals surface area contributed by atoms with Gasteiger partial charge in [-0.25, -0.2) is 15.0 Å². The second-order valence-electron chi connectivity index (χ2n) is 7.82. The number of aryl methyl sites for hydroxylation is 1. The van der Waals surface area contributed by atoms with Crippen molar-refractivity contribution < 1.29 is 13.2 Å². The number of thiazole rings is 1. The van der Waals surface area contributed by atoms with Gasteiger partial charge >= 0.3 is 6.18 Å². The van der Waals surface area contributed by atoms with E-state index in [-0.39, 0.29) is 23.7 Å². The van der Waals surface area contributed by atoms with Gasteiger partial charge in [-0.2, -0.15) is 18.4 Å². The van der Waals surface area contributed by atoms with Gasteiger partial charge in [-0.3, -0.25) is 0 Å². The van der Waals surface area contributed by atoms with E-state index in [1.54, 1.807) is 17.5 Å². The Balaban J connectivity index is 1.59. The van der Waals surface area contributed by atoms with E-state index in [1.807, 2.05) is 24.4 Å². The molecule has 0 spiro atoms. The van der Waals surface area contributed by atoms with Gasteiger partial charge in [0.05, 0.1) is 11.1 Å². The largest absolute Gasteiger partial charge is 0.433 e. The van der Waals surface area contributed by atoms with Gasteiger partial charge in [0.15, 0.2) is 0 Å². The lowest BCUT2D eigenvalue weighted by Crippen LogP contribution is -2.20. The highest BCUT2D eigenvalue weighted by Crippen LogP contribution is 2.45. The number of benzene rings is 1. The summed E-state index contributed by atoms with van der Waals surface area (Å²) in [6.07, 6.45) is 0.781. The fraction of sp³-hybridized carbons (Fsp3) is 0.364. The van der Waals surface area contributed by atoms with E-state index in [4.69, 9.17) is 0 Å². The van der Waals surface area contributed by atoms with Crippen LogP contribution in [0.5, 0.6) is 0 Å². The third kappa shape index (κ3) is 5.02.